The Morgan fingerprint density at radius 2 is 1.91 bits per heavy atom. The first kappa shape index (κ1) is 16.4. The van der Waals surface area contributed by atoms with Crippen LogP contribution in [0.2, 0.25) is 0 Å². The number of hydrogen-bond donors (Lipinski definition) is 3. The SMILES string of the molecule is Cc1ccnc(-c2ccc(NC(=O)NCCCC(=O)O)cc2)n1. The molecule has 0 spiro atoms. The van der Waals surface area contributed by atoms with Crippen molar-refractivity contribution in [2.45, 2.75) is 19.8 Å². The molecule has 0 aliphatic carbocycles. The van der Waals surface area contributed by atoms with Crippen LogP contribution in [0.25, 0.3) is 11.4 Å². The van der Waals surface area contributed by atoms with Crippen molar-refractivity contribution in [1.29, 1.82) is 0 Å². The second kappa shape index (κ2) is 7.88. The maximum Gasteiger partial charge on any atom is 0.319 e. The summed E-state index contributed by atoms with van der Waals surface area (Å²) < 4.78 is 0. The third-order valence-electron chi connectivity index (χ3n) is 3.05. The van der Waals surface area contributed by atoms with Crippen LogP contribution in [0.15, 0.2) is 36.5 Å². The Morgan fingerprint density at radius 1 is 1.17 bits per heavy atom. The number of rotatable bonds is 6. The fourth-order valence-electron chi connectivity index (χ4n) is 1.91. The molecule has 0 aliphatic heterocycles. The van der Waals surface area contributed by atoms with E-state index in [2.05, 4.69) is 20.6 Å². The van der Waals surface area contributed by atoms with E-state index < -0.39 is 5.97 Å². The summed E-state index contributed by atoms with van der Waals surface area (Å²) in [6.45, 7) is 2.21. The number of amides is 2. The molecule has 2 aromatic rings. The molecule has 7 heteroatoms. The van der Waals surface area contributed by atoms with Crippen LogP contribution >= 0.6 is 0 Å². The van der Waals surface area contributed by atoms with Gasteiger partial charge in [0.15, 0.2) is 5.82 Å². The molecular formula is C16H18N4O3. The number of nitrogens with one attached hydrogen (secondary N) is 2. The fraction of sp³-hybridized carbons (Fsp3) is 0.250. The highest BCUT2D eigenvalue weighted by Crippen LogP contribution is 2.17. The predicted octanol–water partition coefficient (Wildman–Crippen LogP) is 2.44. The summed E-state index contributed by atoms with van der Waals surface area (Å²) in [5, 5.41) is 13.8. The first-order valence-corrected chi connectivity index (χ1v) is 7.21. The average Bonchev–Trinajstić information content (AvgIpc) is 2.52. The highest BCUT2D eigenvalue weighted by Gasteiger charge is 2.04. The van der Waals surface area contributed by atoms with Gasteiger partial charge in [-0.1, -0.05) is 0 Å². The van der Waals surface area contributed by atoms with Crippen LogP contribution < -0.4 is 10.6 Å². The Morgan fingerprint density at radius 3 is 2.57 bits per heavy atom. The van der Waals surface area contributed by atoms with Crippen molar-refractivity contribution < 1.29 is 14.7 Å². The summed E-state index contributed by atoms with van der Waals surface area (Å²) in [5.41, 5.74) is 2.39. The highest BCUT2D eigenvalue weighted by molar-refractivity contribution is 5.89. The number of hydrogen-bond acceptors (Lipinski definition) is 4. The number of carbonyl (C=O) groups excluding carboxylic acids is 1. The van der Waals surface area contributed by atoms with Gasteiger partial charge in [-0.3, -0.25) is 4.79 Å². The van der Waals surface area contributed by atoms with Crippen molar-refractivity contribution in [2.75, 3.05) is 11.9 Å². The van der Waals surface area contributed by atoms with E-state index in [4.69, 9.17) is 5.11 Å². The van der Waals surface area contributed by atoms with E-state index in [1.807, 2.05) is 25.1 Å². The Bertz CT molecular complexity index is 686. The Hall–Kier alpha value is -2.96. The smallest absolute Gasteiger partial charge is 0.319 e. The van der Waals surface area contributed by atoms with E-state index in [1.165, 1.54) is 0 Å². The summed E-state index contributed by atoms with van der Waals surface area (Å²) in [5.74, 6) is -0.240. The van der Waals surface area contributed by atoms with E-state index in [0.717, 1.165) is 11.3 Å². The molecule has 0 unspecified atom stereocenters. The zero-order valence-corrected chi connectivity index (χ0v) is 12.7. The van der Waals surface area contributed by atoms with Crippen LogP contribution in [-0.2, 0) is 4.79 Å². The molecule has 7 nitrogen and oxygen atoms in total. The lowest BCUT2D eigenvalue weighted by Gasteiger charge is -2.08. The number of nitrogens with zero attached hydrogens (tertiary/aromatic N) is 2. The number of urea groups is 1. The maximum atomic E-state index is 11.7. The first-order valence-electron chi connectivity index (χ1n) is 7.21. The zero-order valence-electron chi connectivity index (χ0n) is 12.7. The Balaban J connectivity index is 1.87. The van der Waals surface area contributed by atoms with Crippen molar-refractivity contribution in [3.63, 3.8) is 0 Å². The van der Waals surface area contributed by atoms with E-state index in [9.17, 15) is 9.59 Å². The second-order valence-electron chi connectivity index (χ2n) is 4.98. The van der Waals surface area contributed by atoms with Crippen LogP contribution in [0.5, 0.6) is 0 Å². The summed E-state index contributed by atoms with van der Waals surface area (Å²) in [6.07, 6.45) is 2.13. The summed E-state index contributed by atoms with van der Waals surface area (Å²) in [4.78, 5) is 30.6. The lowest BCUT2D eigenvalue weighted by molar-refractivity contribution is -0.137. The summed E-state index contributed by atoms with van der Waals surface area (Å²) >= 11 is 0. The van der Waals surface area contributed by atoms with Crippen molar-refractivity contribution in [3.05, 3.63) is 42.2 Å². The largest absolute Gasteiger partial charge is 0.481 e. The molecule has 1 aromatic carbocycles. The Kier molecular flexibility index (Phi) is 5.62. The van der Waals surface area contributed by atoms with Crippen LogP contribution in [0.4, 0.5) is 10.5 Å². The van der Waals surface area contributed by atoms with Crippen LogP contribution in [0.3, 0.4) is 0 Å². The predicted molar refractivity (Wildman–Crippen MR) is 86.1 cm³/mol. The normalized spacial score (nSPS) is 10.1. The van der Waals surface area contributed by atoms with Crippen molar-refractivity contribution in [3.8, 4) is 11.4 Å². The van der Waals surface area contributed by atoms with E-state index in [0.29, 0.717) is 24.5 Å². The molecule has 0 aliphatic rings. The number of aliphatic carboxylic acids is 1. The van der Waals surface area contributed by atoms with E-state index >= 15 is 0 Å². The molecule has 0 saturated heterocycles. The van der Waals surface area contributed by atoms with Crippen LogP contribution in [-0.4, -0.2) is 33.6 Å². The van der Waals surface area contributed by atoms with Gasteiger partial charge in [0.25, 0.3) is 0 Å². The van der Waals surface area contributed by atoms with Gasteiger partial charge in [-0.25, -0.2) is 14.8 Å². The van der Waals surface area contributed by atoms with Crippen molar-refractivity contribution >= 4 is 17.7 Å². The van der Waals surface area contributed by atoms with Gasteiger partial charge in [0.2, 0.25) is 0 Å². The molecule has 3 N–H and O–H groups in total. The monoisotopic (exact) mass is 314 g/mol. The van der Waals surface area contributed by atoms with Gasteiger partial charge < -0.3 is 15.7 Å². The molecule has 1 heterocycles. The quantitative estimate of drug-likeness (QED) is 0.710. The van der Waals surface area contributed by atoms with Crippen LogP contribution in [0.1, 0.15) is 18.5 Å². The molecule has 0 radical (unpaired) electrons. The number of carboxylic acid groups (broad SMARTS) is 1. The molecule has 0 bridgehead atoms. The minimum absolute atomic E-state index is 0.0332. The van der Waals surface area contributed by atoms with Gasteiger partial charge in [0, 0.05) is 36.1 Å². The number of carbonyl (C=O) groups is 2. The van der Waals surface area contributed by atoms with E-state index in [1.54, 1.807) is 18.3 Å². The third-order valence-corrected chi connectivity index (χ3v) is 3.05. The average molecular weight is 314 g/mol. The zero-order chi connectivity index (χ0) is 16.7. The molecule has 23 heavy (non-hydrogen) atoms. The van der Waals surface area contributed by atoms with Gasteiger partial charge >= 0.3 is 12.0 Å². The topological polar surface area (TPSA) is 104 Å². The first-order chi connectivity index (χ1) is 11.0. The van der Waals surface area contributed by atoms with Gasteiger partial charge in [-0.05, 0) is 43.7 Å². The number of benzene rings is 1. The van der Waals surface area contributed by atoms with Gasteiger partial charge in [0.1, 0.15) is 0 Å². The minimum Gasteiger partial charge on any atom is -0.481 e. The van der Waals surface area contributed by atoms with Crippen LogP contribution in [0, 0.1) is 6.92 Å². The van der Waals surface area contributed by atoms with Gasteiger partial charge in [-0.15, -0.1) is 0 Å². The number of carboxylic acids is 1. The highest BCUT2D eigenvalue weighted by atomic mass is 16.4. The number of anilines is 1. The Labute approximate surface area is 133 Å². The third kappa shape index (κ3) is 5.39. The molecule has 120 valence electrons. The molecular weight excluding hydrogens is 296 g/mol. The molecule has 0 fully saturated rings. The molecule has 1 aromatic heterocycles. The number of aryl methyl sites for hydroxylation is 1. The molecule has 0 saturated carbocycles. The van der Waals surface area contributed by atoms with Crippen molar-refractivity contribution in [2.24, 2.45) is 0 Å². The lowest BCUT2D eigenvalue weighted by atomic mass is 10.2. The standard InChI is InChI=1S/C16H18N4O3/c1-11-8-10-17-15(19-11)12-4-6-13(7-5-12)20-16(23)18-9-2-3-14(21)22/h4-8,10H,2-3,9H2,1H3,(H,21,22)(H2,18,20,23). The van der Waals surface area contributed by atoms with Gasteiger partial charge in [-0.2, -0.15) is 0 Å². The number of aromatic nitrogens is 2. The molecule has 0 atom stereocenters. The molecule has 2 rings (SSSR count). The fourth-order valence-corrected chi connectivity index (χ4v) is 1.91. The van der Waals surface area contributed by atoms with Crippen molar-refractivity contribution in [1.82, 2.24) is 15.3 Å². The molecule has 2 amide bonds. The van der Waals surface area contributed by atoms with E-state index in [-0.39, 0.29) is 12.5 Å². The summed E-state index contributed by atoms with van der Waals surface area (Å²) in [6, 6.07) is 8.64. The minimum atomic E-state index is -0.874. The maximum absolute atomic E-state index is 11.7. The second-order valence-corrected chi connectivity index (χ2v) is 4.98. The summed E-state index contributed by atoms with van der Waals surface area (Å²) in [7, 11) is 0. The lowest BCUT2D eigenvalue weighted by Crippen LogP contribution is -2.29. The van der Waals surface area contributed by atoms with Gasteiger partial charge in [0.05, 0.1) is 0 Å².